The molecule has 0 spiro atoms. The average Bonchev–Trinajstić information content (AvgIpc) is 3.61. The van der Waals surface area contributed by atoms with Gasteiger partial charge in [0.15, 0.2) is 0 Å². The summed E-state index contributed by atoms with van der Waals surface area (Å²) in [6.07, 6.45) is 2.04. The first-order chi connectivity index (χ1) is 15.1. The van der Waals surface area contributed by atoms with Gasteiger partial charge in [0.1, 0.15) is 0 Å². The summed E-state index contributed by atoms with van der Waals surface area (Å²) in [5.74, 6) is -0.308. The molecule has 2 amide bonds. The van der Waals surface area contributed by atoms with Gasteiger partial charge in [0.25, 0.3) is 5.91 Å². The highest BCUT2D eigenvalue weighted by Gasteiger charge is 2.25. The fourth-order valence-corrected chi connectivity index (χ4v) is 3.93. The molecular formula is C26H23N3O2. The van der Waals surface area contributed by atoms with Gasteiger partial charge in [-0.15, -0.1) is 0 Å². The molecule has 1 fully saturated rings. The normalized spacial score (nSPS) is 13.3. The molecule has 1 aliphatic rings. The number of carbonyl (C=O) groups excluding carboxylic acids is 2. The maximum atomic E-state index is 13.4. The lowest BCUT2D eigenvalue weighted by Gasteiger charge is -2.19. The second-order valence-corrected chi connectivity index (χ2v) is 8.10. The molecule has 1 saturated carbocycles. The van der Waals surface area contributed by atoms with Crippen molar-refractivity contribution in [2.45, 2.75) is 18.9 Å². The summed E-state index contributed by atoms with van der Waals surface area (Å²) in [4.78, 5) is 31.9. The third kappa shape index (κ3) is 3.87. The van der Waals surface area contributed by atoms with Crippen LogP contribution < -0.4 is 5.32 Å². The molecule has 0 radical (unpaired) electrons. The highest BCUT2D eigenvalue weighted by Crippen LogP contribution is 2.31. The highest BCUT2D eigenvalue weighted by atomic mass is 16.2. The Labute approximate surface area is 180 Å². The Morgan fingerprint density at radius 3 is 2.48 bits per heavy atom. The van der Waals surface area contributed by atoms with Gasteiger partial charge in [-0.25, -0.2) is 4.98 Å². The molecule has 0 atom stereocenters. The van der Waals surface area contributed by atoms with Crippen LogP contribution in [-0.2, 0) is 4.79 Å². The molecule has 154 valence electrons. The summed E-state index contributed by atoms with van der Waals surface area (Å²) in [7, 11) is 1.67. The number of para-hydroxylation sites is 1. The SMILES string of the molecule is CN(CC(=O)NC1CC1)C(=O)c1cc(-c2cccc3ccccc23)nc2ccccc12. The van der Waals surface area contributed by atoms with E-state index in [9.17, 15) is 9.59 Å². The van der Waals surface area contributed by atoms with Crippen LogP contribution in [0.4, 0.5) is 0 Å². The predicted molar refractivity (Wildman–Crippen MR) is 123 cm³/mol. The van der Waals surface area contributed by atoms with Gasteiger partial charge in [-0.05, 0) is 35.7 Å². The fraction of sp³-hybridized carbons (Fsp3) is 0.192. The molecule has 0 unspecified atom stereocenters. The smallest absolute Gasteiger partial charge is 0.254 e. The number of aromatic nitrogens is 1. The zero-order valence-electron chi connectivity index (χ0n) is 17.3. The van der Waals surface area contributed by atoms with Gasteiger partial charge in [0, 0.05) is 24.0 Å². The largest absolute Gasteiger partial charge is 0.352 e. The molecule has 1 aromatic heterocycles. The second-order valence-electron chi connectivity index (χ2n) is 8.10. The summed E-state index contributed by atoms with van der Waals surface area (Å²) in [6, 6.07) is 24.0. The quantitative estimate of drug-likeness (QED) is 0.531. The van der Waals surface area contributed by atoms with E-state index in [1.54, 1.807) is 7.05 Å². The van der Waals surface area contributed by atoms with Crippen LogP contribution in [0.1, 0.15) is 23.2 Å². The van der Waals surface area contributed by atoms with E-state index in [0.29, 0.717) is 5.56 Å². The summed E-state index contributed by atoms with van der Waals surface area (Å²) >= 11 is 0. The number of carbonyl (C=O) groups is 2. The maximum Gasteiger partial charge on any atom is 0.254 e. The molecule has 5 rings (SSSR count). The third-order valence-electron chi connectivity index (χ3n) is 5.68. The fourth-order valence-electron chi connectivity index (χ4n) is 3.93. The van der Waals surface area contributed by atoms with Crippen molar-refractivity contribution < 1.29 is 9.59 Å². The monoisotopic (exact) mass is 409 g/mol. The molecule has 3 aromatic carbocycles. The lowest BCUT2D eigenvalue weighted by Crippen LogP contribution is -2.39. The lowest BCUT2D eigenvalue weighted by atomic mass is 9.99. The number of pyridine rings is 1. The molecule has 0 saturated heterocycles. The molecule has 5 heteroatoms. The zero-order valence-corrected chi connectivity index (χ0v) is 17.3. The van der Waals surface area contributed by atoms with Gasteiger partial charge < -0.3 is 10.2 Å². The first-order valence-electron chi connectivity index (χ1n) is 10.5. The number of fused-ring (bicyclic) bond motifs is 2. The van der Waals surface area contributed by atoms with Crippen molar-refractivity contribution in [2.24, 2.45) is 0 Å². The average molecular weight is 409 g/mol. The van der Waals surface area contributed by atoms with E-state index < -0.39 is 0 Å². The van der Waals surface area contributed by atoms with E-state index in [2.05, 4.69) is 23.5 Å². The van der Waals surface area contributed by atoms with Crippen molar-refractivity contribution in [3.8, 4) is 11.3 Å². The van der Waals surface area contributed by atoms with Gasteiger partial charge in [0.05, 0.1) is 23.3 Å². The molecule has 5 nitrogen and oxygen atoms in total. The van der Waals surface area contributed by atoms with E-state index in [4.69, 9.17) is 4.98 Å². The van der Waals surface area contributed by atoms with Gasteiger partial charge >= 0.3 is 0 Å². The standard InChI is InChI=1S/C26H23N3O2/c1-29(16-25(30)27-18-13-14-18)26(31)22-15-24(28-23-12-5-4-10-21(22)23)20-11-6-8-17-7-2-3-9-19(17)20/h2-12,15,18H,13-14,16H2,1H3,(H,27,30). The minimum atomic E-state index is -0.189. The molecule has 31 heavy (non-hydrogen) atoms. The topological polar surface area (TPSA) is 62.3 Å². The minimum absolute atomic E-state index is 0.0373. The number of likely N-dealkylation sites (N-methyl/N-ethyl adjacent to an activating group) is 1. The van der Waals surface area contributed by atoms with Crippen LogP contribution in [0.25, 0.3) is 32.9 Å². The van der Waals surface area contributed by atoms with Crippen molar-refractivity contribution in [1.29, 1.82) is 0 Å². The number of nitrogens with zero attached hydrogens (tertiary/aromatic N) is 2. The molecule has 1 N–H and O–H groups in total. The van der Waals surface area contributed by atoms with Crippen LogP contribution in [0, 0.1) is 0 Å². The van der Waals surface area contributed by atoms with E-state index in [-0.39, 0.29) is 24.4 Å². The Morgan fingerprint density at radius 2 is 1.68 bits per heavy atom. The van der Waals surface area contributed by atoms with Gasteiger partial charge in [-0.3, -0.25) is 9.59 Å². The first kappa shape index (κ1) is 19.2. The van der Waals surface area contributed by atoms with Crippen LogP contribution >= 0.6 is 0 Å². The van der Waals surface area contributed by atoms with Crippen molar-refractivity contribution >= 4 is 33.5 Å². The van der Waals surface area contributed by atoms with E-state index >= 15 is 0 Å². The number of rotatable bonds is 5. The van der Waals surface area contributed by atoms with Gasteiger partial charge in [-0.2, -0.15) is 0 Å². The van der Waals surface area contributed by atoms with Crippen molar-refractivity contribution in [2.75, 3.05) is 13.6 Å². The van der Waals surface area contributed by atoms with Crippen LogP contribution in [0.15, 0.2) is 72.8 Å². The second kappa shape index (κ2) is 7.84. The molecular weight excluding hydrogens is 386 g/mol. The minimum Gasteiger partial charge on any atom is -0.352 e. The van der Waals surface area contributed by atoms with E-state index in [1.165, 1.54) is 4.90 Å². The molecule has 4 aromatic rings. The predicted octanol–water partition coefficient (Wildman–Crippen LogP) is 4.41. The zero-order chi connectivity index (χ0) is 21.4. The van der Waals surface area contributed by atoms with Gasteiger partial charge in [0.2, 0.25) is 5.91 Å². The van der Waals surface area contributed by atoms with E-state index in [1.807, 2.05) is 54.6 Å². The van der Waals surface area contributed by atoms with Crippen LogP contribution in [0.2, 0.25) is 0 Å². The molecule has 1 heterocycles. The number of hydrogen-bond donors (Lipinski definition) is 1. The van der Waals surface area contributed by atoms with Gasteiger partial charge in [-0.1, -0.05) is 60.7 Å². The van der Waals surface area contributed by atoms with Crippen molar-refractivity contribution in [3.63, 3.8) is 0 Å². The Kier molecular flexibility index (Phi) is 4.86. The van der Waals surface area contributed by atoms with E-state index in [0.717, 1.165) is 45.8 Å². The first-order valence-corrected chi connectivity index (χ1v) is 10.5. The number of nitrogens with one attached hydrogen (secondary N) is 1. The highest BCUT2D eigenvalue weighted by molar-refractivity contribution is 6.08. The lowest BCUT2D eigenvalue weighted by molar-refractivity contribution is -0.121. The molecule has 0 aliphatic heterocycles. The number of hydrogen-bond acceptors (Lipinski definition) is 3. The molecule has 0 bridgehead atoms. The Bertz CT molecular complexity index is 1310. The van der Waals surface area contributed by atoms with Crippen LogP contribution in [-0.4, -0.2) is 41.3 Å². The van der Waals surface area contributed by atoms with Crippen molar-refractivity contribution in [1.82, 2.24) is 15.2 Å². The number of benzene rings is 3. The molecule has 1 aliphatic carbocycles. The summed E-state index contributed by atoms with van der Waals surface area (Å²) in [5.41, 5.74) is 3.03. The number of amides is 2. The van der Waals surface area contributed by atoms with Crippen LogP contribution in [0.5, 0.6) is 0 Å². The Morgan fingerprint density at radius 1 is 0.968 bits per heavy atom. The summed E-state index contributed by atoms with van der Waals surface area (Å²) < 4.78 is 0. The Hall–Kier alpha value is -3.73. The summed E-state index contributed by atoms with van der Waals surface area (Å²) in [6.45, 7) is 0.0373. The summed E-state index contributed by atoms with van der Waals surface area (Å²) in [5, 5.41) is 5.93. The maximum absolute atomic E-state index is 13.4. The Balaban J connectivity index is 1.57. The van der Waals surface area contributed by atoms with Crippen molar-refractivity contribution in [3.05, 3.63) is 78.4 Å². The van der Waals surface area contributed by atoms with Crippen LogP contribution in [0.3, 0.4) is 0 Å². The third-order valence-corrected chi connectivity index (χ3v) is 5.68.